The molecule has 2 aromatic carbocycles. The van der Waals surface area contributed by atoms with Crippen LogP contribution in [-0.2, 0) is 6.54 Å². The molecule has 1 aliphatic rings. The summed E-state index contributed by atoms with van der Waals surface area (Å²) in [7, 11) is 6.55. The highest BCUT2D eigenvalue weighted by Crippen LogP contribution is 2.38. The predicted octanol–water partition coefficient (Wildman–Crippen LogP) is 4.77. The number of ether oxygens (including phenoxy) is 3. The molecule has 0 radical (unpaired) electrons. The minimum Gasteiger partial charge on any atom is -0.493 e. The van der Waals surface area contributed by atoms with Crippen molar-refractivity contribution in [1.82, 2.24) is 9.88 Å². The van der Waals surface area contributed by atoms with Crippen LogP contribution in [0.1, 0.15) is 35.7 Å². The summed E-state index contributed by atoms with van der Waals surface area (Å²) in [5.41, 5.74) is 2.38. The summed E-state index contributed by atoms with van der Waals surface area (Å²) in [5.74, 6) is 3.09. The van der Waals surface area contributed by atoms with Crippen LogP contribution >= 0.6 is 0 Å². The van der Waals surface area contributed by atoms with Gasteiger partial charge in [-0.05, 0) is 48.6 Å². The van der Waals surface area contributed by atoms with Gasteiger partial charge < -0.3 is 24.0 Å². The molecule has 1 aromatic heterocycles. The number of rotatable bonds is 7. The number of fused-ring (bicyclic) bond motifs is 1. The number of hydrogen-bond acceptors (Lipinski definition) is 6. The molecule has 3 aromatic rings. The zero-order chi connectivity index (χ0) is 24.2. The zero-order valence-corrected chi connectivity index (χ0v) is 20.6. The van der Waals surface area contributed by atoms with Gasteiger partial charge in [0.1, 0.15) is 5.82 Å². The van der Waals surface area contributed by atoms with Crippen LogP contribution < -0.4 is 19.1 Å². The fourth-order valence-electron chi connectivity index (χ4n) is 4.68. The Morgan fingerprint density at radius 3 is 2.44 bits per heavy atom. The lowest BCUT2D eigenvalue weighted by Crippen LogP contribution is -2.35. The Morgan fingerprint density at radius 1 is 1.09 bits per heavy atom. The van der Waals surface area contributed by atoms with Crippen LogP contribution in [0.15, 0.2) is 42.5 Å². The summed E-state index contributed by atoms with van der Waals surface area (Å²) in [4.78, 5) is 22.6. The maximum absolute atomic E-state index is 13.7. The molecule has 7 nitrogen and oxygen atoms in total. The van der Waals surface area contributed by atoms with Crippen molar-refractivity contribution in [3.63, 3.8) is 0 Å². The van der Waals surface area contributed by atoms with Gasteiger partial charge in [0.25, 0.3) is 5.91 Å². The number of anilines is 1. The fraction of sp³-hybridized carbons (Fsp3) is 0.407. The van der Waals surface area contributed by atoms with Gasteiger partial charge >= 0.3 is 0 Å². The standard InChI is InChI=1S/C27H33N3O4/c1-18-9-8-12-30(16-18)25-15-21(20-10-6-7-11-22(20)28-25)27(31)29(2)17-19-13-23(32-3)26(34-5)24(14-19)33-4/h6-7,10-11,13-15,18H,8-9,12,16-17H2,1-5H3. The van der Waals surface area contributed by atoms with Crippen molar-refractivity contribution in [2.75, 3.05) is 46.4 Å². The Bertz CT molecular complexity index is 1150. The number of methoxy groups -OCH3 is 3. The van der Waals surface area contributed by atoms with Gasteiger partial charge in [-0.3, -0.25) is 4.79 Å². The van der Waals surface area contributed by atoms with Crippen LogP contribution in [0.3, 0.4) is 0 Å². The number of carbonyl (C=O) groups excluding carboxylic acids is 1. The van der Waals surface area contributed by atoms with Crippen LogP contribution in [0.25, 0.3) is 10.9 Å². The second-order valence-corrected chi connectivity index (χ2v) is 8.93. The van der Waals surface area contributed by atoms with E-state index in [0.717, 1.165) is 41.8 Å². The molecule has 34 heavy (non-hydrogen) atoms. The average molecular weight is 464 g/mol. The van der Waals surface area contributed by atoms with E-state index in [9.17, 15) is 4.79 Å². The molecule has 1 amide bonds. The predicted molar refractivity (Wildman–Crippen MR) is 134 cm³/mol. The molecule has 0 spiro atoms. The van der Waals surface area contributed by atoms with E-state index in [1.54, 1.807) is 26.2 Å². The number of hydrogen-bond donors (Lipinski definition) is 0. The van der Waals surface area contributed by atoms with E-state index >= 15 is 0 Å². The summed E-state index contributed by atoms with van der Waals surface area (Å²) >= 11 is 0. The van der Waals surface area contributed by atoms with Gasteiger partial charge in [0.2, 0.25) is 5.75 Å². The van der Waals surface area contributed by atoms with Crippen molar-refractivity contribution in [1.29, 1.82) is 0 Å². The van der Waals surface area contributed by atoms with E-state index in [2.05, 4.69) is 11.8 Å². The molecule has 180 valence electrons. The Kier molecular flexibility index (Phi) is 7.10. The number of nitrogens with zero attached hydrogens (tertiary/aromatic N) is 3. The van der Waals surface area contributed by atoms with Gasteiger partial charge in [0.15, 0.2) is 11.5 Å². The molecule has 1 unspecified atom stereocenters. The molecule has 0 bridgehead atoms. The summed E-state index contributed by atoms with van der Waals surface area (Å²) in [5, 5.41) is 0.859. The van der Waals surface area contributed by atoms with E-state index in [1.165, 1.54) is 6.42 Å². The Balaban J connectivity index is 1.67. The fourth-order valence-corrected chi connectivity index (χ4v) is 4.68. The molecular weight excluding hydrogens is 430 g/mol. The molecule has 7 heteroatoms. The lowest BCUT2D eigenvalue weighted by molar-refractivity contribution is 0.0786. The SMILES string of the molecule is COc1cc(CN(C)C(=O)c2cc(N3CCCC(C)C3)nc3ccccc23)cc(OC)c1OC. The van der Waals surface area contributed by atoms with Crippen molar-refractivity contribution in [3.8, 4) is 17.2 Å². The number of carbonyl (C=O) groups is 1. The van der Waals surface area contributed by atoms with Crippen LogP contribution in [0.5, 0.6) is 17.2 Å². The molecular formula is C27H33N3O4. The molecule has 2 heterocycles. The topological polar surface area (TPSA) is 64.1 Å². The van der Waals surface area contributed by atoms with Crippen LogP contribution in [0.2, 0.25) is 0 Å². The Labute approximate surface area is 201 Å². The Hall–Kier alpha value is -3.48. The first-order valence-corrected chi connectivity index (χ1v) is 11.6. The number of aromatic nitrogens is 1. The molecule has 1 atom stereocenters. The molecule has 1 aliphatic heterocycles. The van der Waals surface area contributed by atoms with Crippen LogP contribution in [-0.4, -0.2) is 57.3 Å². The molecule has 0 saturated carbocycles. The number of benzene rings is 2. The largest absolute Gasteiger partial charge is 0.493 e. The molecule has 0 N–H and O–H groups in total. The second kappa shape index (κ2) is 10.2. The number of piperidine rings is 1. The Morgan fingerprint density at radius 2 is 1.79 bits per heavy atom. The summed E-state index contributed by atoms with van der Waals surface area (Å²) in [6.07, 6.45) is 2.37. The van der Waals surface area contributed by atoms with Gasteiger partial charge in [-0.25, -0.2) is 4.98 Å². The summed E-state index contributed by atoms with van der Waals surface area (Å²) < 4.78 is 16.4. The van der Waals surface area contributed by atoms with E-state index in [4.69, 9.17) is 19.2 Å². The van der Waals surface area contributed by atoms with Gasteiger partial charge in [-0.15, -0.1) is 0 Å². The maximum Gasteiger partial charge on any atom is 0.254 e. The molecule has 1 saturated heterocycles. The zero-order valence-electron chi connectivity index (χ0n) is 20.6. The van der Waals surface area contributed by atoms with Crippen molar-refractivity contribution < 1.29 is 19.0 Å². The lowest BCUT2D eigenvalue weighted by Gasteiger charge is -2.32. The van der Waals surface area contributed by atoms with Gasteiger partial charge in [-0.2, -0.15) is 0 Å². The smallest absolute Gasteiger partial charge is 0.254 e. The first-order chi connectivity index (χ1) is 16.4. The van der Waals surface area contributed by atoms with E-state index in [1.807, 2.05) is 49.5 Å². The number of para-hydroxylation sites is 1. The van der Waals surface area contributed by atoms with Gasteiger partial charge in [0.05, 0.1) is 32.4 Å². The summed E-state index contributed by atoms with van der Waals surface area (Å²) in [6.45, 7) is 4.58. The van der Waals surface area contributed by atoms with Crippen molar-refractivity contribution in [3.05, 3.63) is 53.6 Å². The average Bonchev–Trinajstić information content (AvgIpc) is 2.86. The maximum atomic E-state index is 13.7. The van der Waals surface area contributed by atoms with E-state index in [-0.39, 0.29) is 5.91 Å². The number of pyridine rings is 1. The third kappa shape index (κ3) is 4.74. The highest BCUT2D eigenvalue weighted by Gasteiger charge is 2.23. The second-order valence-electron chi connectivity index (χ2n) is 8.93. The van der Waals surface area contributed by atoms with E-state index in [0.29, 0.717) is 35.3 Å². The third-order valence-corrected chi connectivity index (χ3v) is 6.41. The third-order valence-electron chi connectivity index (χ3n) is 6.41. The van der Waals surface area contributed by atoms with Crippen molar-refractivity contribution in [2.24, 2.45) is 5.92 Å². The normalized spacial score (nSPS) is 15.8. The van der Waals surface area contributed by atoms with Gasteiger partial charge in [-0.1, -0.05) is 25.1 Å². The molecule has 0 aliphatic carbocycles. The minimum absolute atomic E-state index is 0.0568. The van der Waals surface area contributed by atoms with Gasteiger partial charge in [0, 0.05) is 32.1 Å². The first kappa shape index (κ1) is 23.7. The molecule has 4 rings (SSSR count). The van der Waals surface area contributed by atoms with Crippen LogP contribution in [0.4, 0.5) is 5.82 Å². The first-order valence-electron chi connectivity index (χ1n) is 11.6. The van der Waals surface area contributed by atoms with E-state index < -0.39 is 0 Å². The number of amides is 1. The summed E-state index contributed by atoms with van der Waals surface area (Å²) in [6, 6.07) is 13.5. The molecule has 1 fully saturated rings. The quantitative estimate of drug-likeness (QED) is 0.503. The highest BCUT2D eigenvalue weighted by molar-refractivity contribution is 6.06. The highest BCUT2D eigenvalue weighted by atomic mass is 16.5. The van der Waals surface area contributed by atoms with Crippen molar-refractivity contribution >= 4 is 22.6 Å². The lowest BCUT2D eigenvalue weighted by atomic mass is 10.00. The monoisotopic (exact) mass is 463 g/mol. The van der Waals surface area contributed by atoms with Crippen LogP contribution in [0, 0.1) is 5.92 Å². The van der Waals surface area contributed by atoms with Crippen molar-refractivity contribution in [2.45, 2.75) is 26.3 Å². The minimum atomic E-state index is -0.0568.